The zero-order chi connectivity index (χ0) is 23.8. The summed E-state index contributed by atoms with van der Waals surface area (Å²) in [6.45, 7) is 3.22. The highest BCUT2D eigenvalue weighted by Crippen LogP contribution is 2.33. The second-order valence-electron chi connectivity index (χ2n) is 8.56. The van der Waals surface area contributed by atoms with Crippen LogP contribution in [0.3, 0.4) is 0 Å². The van der Waals surface area contributed by atoms with E-state index in [9.17, 15) is 22.0 Å². The molecule has 4 rings (SSSR count). The number of likely N-dealkylation sites (tertiary alicyclic amines) is 2. The average Bonchev–Trinajstić information content (AvgIpc) is 3.22. The number of sulfonamides is 1. The molecular formula is C23H26ClF2N3O3S. The summed E-state index contributed by atoms with van der Waals surface area (Å²) in [6.07, 6.45) is 2.80. The minimum atomic E-state index is -4.27. The smallest absolute Gasteiger partial charge is 0.320 e. The second kappa shape index (κ2) is 9.46. The van der Waals surface area contributed by atoms with Crippen LogP contribution < -0.4 is 4.31 Å². The number of benzene rings is 2. The van der Waals surface area contributed by atoms with Crippen LogP contribution in [-0.2, 0) is 10.0 Å². The summed E-state index contributed by atoms with van der Waals surface area (Å²) >= 11 is 5.91. The summed E-state index contributed by atoms with van der Waals surface area (Å²) in [5.41, 5.74) is -0.376. The highest BCUT2D eigenvalue weighted by atomic mass is 35.5. The third-order valence-corrected chi connectivity index (χ3v) is 8.45. The lowest BCUT2D eigenvalue weighted by molar-refractivity contribution is 0.137. The quantitative estimate of drug-likeness (QED) is 0.604. The Balaban J connectivity index is 1.72. The maximum atomic E-state index is 14.9. The van der Waals surface area contributed by atoms with Crippen molar-refractivity contribution >= 4 is 33.3 Å². The van der Waals surface area contributed by atoms with Crippen LogP contribution in [0.15, 0.2) is 47.4 Å². The van der Waals surface area contributed by atoms with Gasteiger partial charge in [-0.05, 0) is 69.0 Å². The van der Waals surface area contributed by atoms with Gasteiger partial charge >= 0.3 is 6.03 Å². The Hall–Kier alpha value is -2.39. The van der Waals surface area contributed by atoms with Crippen molar-refractivity contribution in [2.75, 3.05) is 23.9 Å². The minimum absolute atomic E-state index is 0.0881. The van der Waals surface area contributed by atoms with Crippen molar-refractivity contribution in [2.45, 2.75) is 49.6 Å². The number of anilines is 1. The number of urea groups is 1. The second-order valence-corrected chi connectivity index (χ2v) is 10.8. The summed E-state index contributed by atoms with van der Waals surface area (Å²) in [5, 5.41) is 0.353. The summed E-state index contributed by atoms with van der Waals surface area (Å²) in [4.78, 5) is 16.5. The lowest BCUT2D eigenvalue weighted by atomic mass is 10.1. The number of carbonyl (C=O) groups is 1. The lowest BCUT2D eigenvalue weighted by Gasteiger charge is -2.41. The molecule has 2 heterocycles. The molecule has 2 aliphatic heterocycles. The molecule has 2 unspecified atom stereocenters. The third-order valence-electron chi connectivity index (χ3n) is 6.31. The zero-order valence-electron chi connectivity index (χ0n) is 18.3. The van der Waals surface area contributed by atoms with Crippen molar-refractivity contribution in [3.05, 3.63) is 59.1 Å². The molecule has 178 valence electrons. The maximum absolute atomic E-state index is 14.9. The van der Waals surface area contributed by atoms with Crippen molar-refractivity contribution in [2.24, 2.45) is 0 Å². The maximum Gasteiger partial charge on any atom is 0.320 e. The van der Waals surface area contributed by atoms with Gasteiger partial charge in [0.25, 0.3) is 10.0 Å². The van der Waals surface area contributed by atoms with E-state index in [1.807, 2.05) is 6.92 Å². The zero-order valence-corrected chi connectivity index (χ0v) is 19.8. The summed E-state index contributed by atoms with van der Waals surface area (Å²) < 4.78 is 57.2. The van der Waals surface area contributed by atoms with Gasteiger partial charge in [-0.25, -0.2) is 22.0 Å². The Kier molecular flexibility index (Phi) is 6.81. The highest BCUT2D eigenvalue weighted by Gasteiger charge is 2.39. The molecule has 0 spiro atoms. The molecular weight excluding hydrogens is 472 g/mol. The Morgan fingerprint density at radius 1 is 1.06 bits per heavy atom. The van der Waals surface area contributed by atoms with Crippen LogP contribution in [0.25, 0.3) is 0 Å². The van der Waals surface area contributed by atoms with Crippen LogP contribution in [0.5, 0.6) is 0 Å². The number of amides is 2. The Labute approximate surface area is 197 Å². The molecule has 0 aliphatic carbocycles. The van der Waals surface area contributed by atoms with Gasteiger partial charge in [0.15, 0.2) is 0 Å². The van der Waals surface area contributed by atoms with E-state index in [2.05, 4.69) is 0 Å². The molecule has 2 fully saturated rings. The first-order valence-corrected chi connectivity index (χ1v) is 12.8. The molecule has 2 saturated heterocycles. The van der Waals surface area contributed by atoms with E-state index < -0.39 is 27.7 Å². The molecule has 2 aromatic rings. The summed E-state index contributed by atoms with van der Waals surface area (Å²) in [7, 11) is -4.27. The number of hydrogen-bond donors (Lipinski definition) is 0. The fraction of sp³-hybridized carbons (Fsp3) is 0.435. The molecule has 2 atom stereocenters. The molecule has 0 saturated carbocycles. The number of nitrogens with zero attached hydrogens (tertiary/aromatic N) is 3. The van der Waals surface area contributed by atoms with Crippen molar-refractivity contribution in [1.29, 1.82) is 0 Å². The molecule has 2 aromatic carbocycles. The standard InChI is InChI=1S/C23H26ClF2N3O3S/c1-16-4-2-13-28(16)23(30)27-12-3-5-19(15-27)29(22-14-18(25)8-11-21(22)26)33(31,32)20-9-6-17(24)7-10-20/h6-11,14,16,19H,2-5,12-13,15H2,1H3. The van der Waals surface area contributed by atoms with Gasteiger partial charge in [0, 0.05) is 36.8 Å². The molecule has 10 heteroatoms. The predicted molar refractivity (Wildman–Crippen MR) is 123 cm³/mol. The predicted octanol–water partition coefficient (Wildman–Crippen LogP) is 4.88. The molecule has 0 aromatic heterocycles. The number of piperidine rings is 1. The van der Waals surface area contributed by atoms with E-state index in [4.69, 9.17) is 11.6 Å². The first-order chi connectivity index (χ1) is 15.7. The summed E-state index contributed by atoms with van der Waals surface area (Å²) in [6, 6.07) is 7.48. The molecule has 6 nitrogen and oxygen atoms in total. The van der Waals surface area contributed by atoms with Crippen LogP contribution in [-0.4, -0.2) is 56.0 Å². The van der Waals surface area contributed by atoms with Gasteiger partial charge < -0.3 is 9.80 Å². The van der Waals surface area contributed by atoms with Gasteiger partial charge in [-0.2, -0.15) is 0 Å². The first-order valence-electron chi connectivity index (χ1n) is 11.0. The van der Waals surface area contributed by atoms with E-state index in [1.165, 1.54) is 24.3 Å². The fourth-order valence-corrected chi connectivity index (χ4v) is 6.41. The Bertz CT molecular complexity index is 1130. The van der Waals surface area contributed by atoms with E-state index in [1.54, 1.807) is 9.80 Å². The molecule has 2 amide bonds. The number of rotatable bonds is 4. The SMILES string of the molecule is CC1CCCN1C(=O)N1CCCC(N(c2cc(F)ccc2F)S(=O)(=O)c2ccc(Cl)cc2)C1. The van der Waals surface area contributed by atoms with E-state index in [-0.39, 0.29) is 29.2 Å². The van der Waals surface area contributed by atoms with Crippen LogP contribution in [0, 0.1) is 11.6 Å². The lowest BCUT2D eigenvalue weighted by Crippen LogP contribution is -2.55. The Morgan fingerprint density at radius 3 is 2.42 bits per heavy atom. The van der Waals surface area contributed by atoms with Crippen molar-refractivity contribution in [3.8, 4) is 0 Å². The van der Waals surface area contributed by atoms with Gasteiger partial charge in [-0.15, -0.1) is 0 Å². The van der Waals surface area contributed by atoms with Gasteiger partial charge in [-0.1, -0.05) is 11.6 Å². The van der Waals surface area contributed by atoms with Crippen molar-refractivity contribution in [1.82, 2.24) is 9.80 Å². The average molecular weight is 498 g/mol. The molecule has 0 bridgehead atoms. The molecule has 33 heavy (non-hydrogen) atoms. The topological polar surface area (TPSA) is 60.9 Å². The van der Waals surface area contributed by atoms with Gasteiger partial charge in [0.2, 0.25) is 0 Å². The fourth-order valence-electron chi connectivity index (χ4n) is 4.62. The summed E-state index contributed by atoms with van der Waals surface area (Å²) in [5.74, 6) is -1.61. The van der Waals surface area contributed by atoms with E-state index >= 15 is 0 Å². The van der Waals surface area contributed by atoms with Crippen LogP contribution in [0.1, 0.15) is 32.6 Å². The number of halogens is 3. The molecule has 2 aliphatic rings. The van der Waals surface area contributed by atoms with Gasteiger partial charge in [0.05, 0.1) is 16.6 Å². The van der Waals surface area contributed by atoms with Crippen molar-refractivity contribution < 1.29 is 22.0 Å². The van der Waals surface area contributed by atoms with E-state index in [0.717, 1.165) is 35.3 Å². The van der Waals surface area contributed by atoms with Crippen LogP contribution >= 0.6 is 11.6 Å². The van der Waals surface area contributed by atoms with Crippen LogP contribution in [0.4, 0.5) is 19.3 Å². The largest absolute Gasteiger partial charge is 0.323 e. The Morgan fingerprint density at radius 2 is 1.76 bits per heavy atom. The minimum Gasteiger partial charge on any atom is -0.323 e. The number of carbonyl (C=O) groups excluding carboxylic acids is 1. The van der Waals surface area contributed by atoms with Crippen molar-refractivity contribution in [3.63, 3.8) is 0 Å². The monoisotopic (exact) mass is 497 g/mol. The highest BCUT2D eigenvalue weighted by molar-refractivity contribution is 7.92. The third kappa shape index (κ3) is 4.80. The van der Waals surface area contributed by atoms with E-state index in [0.29, 0.717) is 31.0 Å². The van der Waals surface area contributed by atoms with Gasteiger partial charge in [0.1, 0.15) is 11.6 Å². The molecule has 0 N–H and O–H groups in total. The van der Waals surface area contributed by atoms with Gasteiger partial charge in [-0.3, -0.25) is 4.31 Å². The number of hydrogen-bond acceptors (Lipinski definition) is 3. The first kappa shape index (κ1) is 23.8. The van der Waals surface area contributed by atoms with Crippen LogP contribution in [0.2, 0.25) is 5.02 Å². The molecule has 0 radical (unpaired) electrons. The normalized spacial score (nSPS) is 21.3.